The molecule has 5 heteroatoms. The third kappa shape index (κ3) is 2.83. The minimum atomic E-state index is 0.936. The summed E-state index contributed by atoms with van der Waals surface area (Å²) in [5.41, 5.74) is 2.36. The van der Waals surface area contributed by atoms with Crippen molar-refractivity contribution in [2.45, 2.75) is 12.8 Å². The highest BCUT2D eigenvalue weighted by molar-refractivity contribution is 5.82. The van der Waals surface area contributed by atoms with Crippen molar-refractivity contribution in [2.24, 2.45) is 7.05 Å². The van der Waals surface area contributed by atoms with Gasteiger partial charge in [0.25, 0.3) is 0 Å². The molecule has 0 radical (unpaired) electrons. The molecule has 5 nitrogen and oxygen atoms in total. The van der Waals surface area contributed by atoms with Crippen molar-refractivity contribution in [3.8, 4) is 5.69 Å². The van der Waals surface area contributed by atoms with E-state index in [0.717, 1.165) is 30.9 Å². The number of fused-ring (bicyclic) bond motifs is 1. The Kier molecular flexibility index (Phi) is 3.75. The van der Waals surface area contributed by atoms with E-state index in [2.05, 4.69) is 75.8 Å². The van der Waals surface area contributed by atoms with Crippen LogP contribution in [0.1, 0.15) is 12.2 Å². The lowest BCUT2D eigenvalue weighted by Crippen LogP contribution is -2.14. The summed E-state index contributed by atoms with van der Waals surface area (Å²) in [6, 6.07) is 8.60. The van der Waals surface area contributed by atoms with Gasteiger partial charge in [0.1, 0.15) is 12.2 Å². The molecule has 0 N–H and O–H groups in total. The van der Waals surface area contributed by atoms with Gasteiger partial charge in [-0.3, -0.25) is 4.57 Å². The van der Waals surface area contributed by atoms with E-state index in [1.807, 2.05) is 0 Å². The fraction of sp³-hybridized carbons (Fsp3) is 0.375. The Labute approximate surface area is 124 Å². The van der Waals surface area contributed by atoms with Crippen molar-refractivity contribution in [2.75, 3.05) is 20.6 Å². The molecule has 0 amide bonds. The molecule has 0 aliphatic heterocycles. The van der Waals surface area contributed by atoms with Crippen molar-refractivity contribution in [1.82, 2.24) is 24.2 Å². The molecule has 3 rings (SSSR count). The quantitative estimate of drug-likeness (QED) is 0.721. The van der Waals surface area contributed by atoms with Crippen LogP contribution < -0.4 is 0 Å². The molecule has 0 saturated carbocycles. The predicted octanol–water partition coefficient (Wildman–Crippen LogP) is 2.25. The fourth-order valence-corrected chi connectivity index (χ4v) is 2.62. The first-order valence-electron chi connectivity index (χ1n) is 7.24. The number of aryl methyl sites for hydroxylation is 2. The van der Waals surface area contributed by atoms with E-state index in [9.17, 15) is 0 Å². The standard InChI is InChI=1S/C16H21N5/c1-19(2)9-4-5-16-18-17-12-21(16)14-6-7-15-13(11-14)8-10-20(15)3/h6-8,10-12H,4-5,9H2,1-3H3. The zero-order valence-electron chi connectivity index (χ0n) is 12.8. The second kappa shape index (κ2) is 5.69. The maximum absolute atomic E-state index is 4.26. The Morgan fingerprint density at radius 3 is 2.86 bits per heavy atom. The summed E-state index contributed by atoms with van der Waals surface area (Å²) in [6.07, 6.45) is 5.90. The first kappa shape index (κ1) is 13.8. The average molecular weight is 283 g/mol. The second-order valence-electron chi connectivity index (χ2n) is 5.69. The van der Waals surface area contributed by atoms with E-state index in [0.29, 0.717) is 0 Å². The van der Waals surface area contributed by atoms with Gasteiger partial charge in [-0.1, -0.05) is 0 Å². The third-order valence-electron chi connectivity index (χ3n) is 3.77. The van der Waals surface area contributed by atoms with Gasteiger partial charge in [-0.15, -0.1) is 10.2 Å². The monoisotopic (exact) mass is 283 g/mol. The van der Waals surface area contributed by atoms with Crippen molar-refractivity contribution in [1.29, 1.82) is 0 Å². The van der Waals surface area contributed by atoms with Gasteiger partial charge in [0, 0.05) is 36.3 Å². The van der Waals surface area contributed by atoms with E-state index in [4.69, 9.17) is 0 Å². The molecule has 0 aliphatic carbocycles. The highest BCUT2D eigenvalue weighted by atomic mass is 15.3. The van der Waals surface area contributed by atoms with Gasteiger partial charge in [0.15, 0.2) is 0 Å². The Bertz CT molecular complexity index is 738. The summed E-state index contributed by atoms with van der Waals surface area (Å²) >= 11 is 0. The number of hydrogen-bond donors (Lipinski definition) is 0. The SMILES string of the molecule is CN(C)CCCc1nncn1-c1ccc2c(ccn2C)c1. The number of benzene rings is 1. The maximum atomic E-state index is 4.26. The van der Waals surface area contributed by atoms with Gasteiger partial charge in [0.2, 0.25) is 0 Å². The summed E-state index contributed by atoms with van der Waals surface area (Å²) in [4.78, 5) is 2.19. The molecule has 21 heavy (non-hydrogen) atoms. The first-order chi connectivity index (χ1) is 10.1. The van der Waals surface area contributed by atoms with Crippen LogP contribution in [0.25, 0.3) is 16.6 Å². The molecule has 110 valence electrons. The normalized spacial score (nSPS) is 11.6. The van der Waals surface area contributed by atoms with Crippen LogP contribution in [0.5, 0.6) is 0 Å². The Balaban J connectivity index is 1.86. The van der Waals surface area contributed by atoms with Crippen LogP contribution in [0.2, 0.25) is 0 Å². The van der Waals surface area contributed by atoms with E-state index >= 15 is 0 Å². The molecule has 0 aliphatic rings. The largest absolute Gasteiger partial charge is 0.351 e. The maximum Gasteiger partial charge on any atom is 0.137 e. The molecule has 0 fully saturated rings. The Hall–Kier alpha value is -2.14. The van der Waals surface area contributed by atoms with E-state index in [1.54, 1.807) is 6.33 Å². The van der Waals surface area contributed by atoms with Crippen molar-refractivity contribution < 1.29 is 0 Å². The number of hydrogen-bond acceptors (Lipinski definition) is 3. The molecule has 0 unspecified atom stereocenters. The van der Waals surface area contributed by atoms with Crippen LogP contribution in [0.15, 0.2) is 36.8 Å². The topological polar surface area (TPSA) is 38.9 Å². The summed E-state index contributed by atoms with van der Waals surface area (Å²) in [6.45, 7) is 1.06. The van der Waals surface area contributed by atoms with Gasteiger partial charge < -0.3 is 9.47 Å². The van der Waals surface area contributed by atoms with Gasteiger partial charge in [-0.25, -0.2) is 0 Å². The lowest BCUT2D eigenvalue weighted by atomic mass is 10.2. The molecule has 3 aromatic rings. The summed E-state index contributed by atoms with van der Waals surface area (Å²) in [5.74, 6) is 1.02. The average Bonchev–Trinajstić information content (AvgIpc) is 3.05. The Morgan fingerprint density at radius 2 is 2.05 bits per heavy atom. The summed E-state index contributed by atoms with van der Waals surface area (Å²) in [7, 11) is 6.25. The summed E-state index contributed by atoms with van der Waals surface area (Å²) in [5, 5.41) is 9.58. The number of aromatic nitrogens is 4. The highest BCUT2D eigenvalue weighted by Gasteiger charge is 2.08. The molecule has 1 aromatic carbocycles. The Morgan fingerprint density at radius 1 is 1.19 bits per heavy atom. The van der Waals surface area contributed by atoms with Crippen LogP contribution in [-0.2, 0) is 13.5 Å². The third-order valence-corrected chi connectivity index (χ3v) is 3.77. The molecule has 0 saturated heterocycles. The van der Waals surface area contributed by atoms with E-state index in [-0.39, 0.29) is 0 Å². The second-order valence-corrected chi connectivity index (χ2v) is 5.69. The molecular formula is C16H21N5. The highest BCUT2D eigenvalue weighted by Crippen LogP contribution is 2.20. The lowest BCUT2D eigenvalue weighted by Gasteiger charge is -2.10. The molecule has 0 atom stereocenters. The molecule has 0 bridgehead atoms. The van der Waals surface area contributed by atoms with E-state index < -0.39 is 0 Å². The predicted molar refractivity (Wildman–Crippen MR) is 84.7 cm³/mol. The summed E-state index contributed by atoms with van der Waals surface area (Å²) < 4.78 is 4.21. The lowest BCUT2D eigenvalue weighted by molar-refractivity contribution is 0.398. The number of rotatable bonds is 5. The van der Waals surface area contributed by atoms with Crippen LogP contribution in [0, 0.1) is 0 Å². The zero-order valence-corrected chi connectivity index (χ0v) is 12.8. The van der Waals surface area contributed by atoms with Crippen LogP contribution >= 0.6 is 0 Å². The fourth-order valence-electron chi connectivity index (χ4n) is 2.62. The zero-order chi connectivity index (χ0) is 14.8. The minimum absolute atomic E-state index is 0.936. The van der Waals surface area contributed by atoms with Gasteiger partial charge in [-0.2, -0.15) is 0 Å². The van der Waals surface area contributed by atoms with Crippen molar-refractivity contribution in [3.05, 3.63) is 42.6 Å². The molecule has 0 spiro atoms. The van der Waals surface area contributed by atoms with Crippen LogP contribution in [0.3, 0.4) is 0 Å². The minimum Gasteiger partial charge on any atom is -0.351 e. The van der Waals surface area contributed by atoms with Crippen LogP contribution in [-0.4, -0.2) is 44.9 Å². The van der Waals surface area contributed by atoms with Gasteiger partial charge >= 0.3 is 0 Å². The first-order valence-corrected chi connectivity index (χ1v) is 7.24. The van der Waals surface area contributed by atoms with Gasteiger partial charge in [-0.05, 0) is 51.3 Å². The van der Waals surface area contributed by atoms with Crippen LogP contribution in [0.4, 0.5) is 0 Å². The molecule has 2 heterocycles. The van der Waals surface area contributed by atoms with E-state index in [1.165, 1.54) is 10.9 Å². The molecule has 2 aromatic heterocycles. The van der Waals surface area contributed by atoms with Crippen molar-refractivity contribution >= 4 is 10.9 Å². The van der Waals surface area contributed by atoms with Crippen molar-refractivity contribution in [3.63, 3.8) is 0 Å². The molecular weight excluding hydrogens is 262 g/mol. The smallest absolute Gasteiger partial charge is 0.137 e. The number of nitrogens with zero attached hydrogens (tertiary/aromatic N) is 5. The van der Waals surface area contributed by atoms with Gasteiger partial charge in [0.05, 0.1) is 0 Å².